The van der Waals surface area contributed by atoms with Gasteiger partial charge in [-0.25, -0.2) is 4.98 Å². The van der Waals surface area contributed by atoms with Gasteiger partial charge < -0.3 is 5.32 Å². The fourth-order valence-corrected chi connectivity index (χ4v) is 3.98. The Morgan fingerprint density at radius 2 is 1.92 bits per heavy atom. The average Bonchev–Trinajstić information content (AvgIpc) is 2.93. The van der Waals surface area contributed by atoms with Gasteiger partial charge in [0.1, 0.15) is 10.3 Å². The molecule has 0 fully saturated rings. The molecule has 0 aliphatic heterocycles. The van der Waals surface area contributed by atoms with Gasteiger partial charge in [-0.2, -0.15) is 0 Å². The van der Waals surface area contributed by atoms with Crippen LogP contribution in [-0.4, -0.2) is 25.9 Å². The first-order valence-corrected chi connectivity index (χ1v) is 10.1. The van der Waals surface area contributed by atoms with Gasteiger partial charge in [0.25, 0.3) is 0 Å². The maximum atomic E-state index is 12.4. The standard InChI is InChI=1S/C18H24N2O2S2/c1-12-6-8-14(9-7-12)17-19-15(10-23-17)11-24(22)13(2)16(21)20-18(3,4)5/h6-10,13H,11H2,1-5H3,(H,20,21)/t13-,24+/m1/s1. The number of nitrogens with zero attached hydrogens (tertiary/aromatic N) is 1. The summed E-state index contributed by atoms with van der Waals surface area (Å²) in [5.41, 5.74) is 2.70. The van der Waals surface area contributed by atoms with Gasteiger partial charge in [-0.1, -0.05) is 29.8 Å². The van der Waals surface area contributed by atoms with E-state index in [-0.39, 0.29) is 11.4 Å². The van der Waals surface area contributed by atoms with Crippen molar-refractivity contribution < 1.29 is 9.00 Å². The Kier molecular flexibility index (Phi) is 5.93. The van der Waals surface area contributed by atoms with Gasteiger partial charge in [-0.05, 0) is 34.6 Å². The first kappa shape index (κ1) is 18.8. The second-order valence-corrected chi connectivity index (χ2v) is 9.53. The molecule has 1 heterocycles. The van der Waals surface area contributed by atoms with Crippen molar-refractivity contribution in [3.05, 3.63) is 40.9 Å². The quantitative estimate of drug-likeness (QED) is 0.880. The summed E-state index contributed by atoms with van der Waals surface area (Å²) < 4.78 is 12.4. The maximum absolute atomic E-state index is 12.4. The Balaban J connectivity index is 2.02. The van der Waals surface area contributed by atoms with Gasteiger partial charge in [-0.15, -0.1) is 11.3 Å². The molecule has 1 amide bonds. The molecule has 2 rings (SSSR count). The molecule has 2 aromatic rings. The zero-order chi connectivity index (χ0) is 17.9. The molecule has 0 spiro atoms. The van der Waals surface area contributed by atoms with E-state index in [0.29, 0.717) is 5.75 Å². The Bertz CT molecular complexity index is 730. The number of amides is 1. The number of thiazole rings is 1. The molecule has 0 bridgehead atoms. The van der Waals surface area contributed by atoms with Crippen LogP contribution in [0.4, 0.5) is 0 Å². The summed E-state index contributed by atoms with van der Waals surface area (Å²) in [4.78, 5) is 16.7. The summed E-state index contributed by atoms with van der Waals surface area (Å²) in [6, 6.07) is 8.17. The van der Waals surface area contributed by atoms with Crippen molar-refractivity contribution >= 4 is 28.0 Å². The van der Waals surface area contributed by atoms with Crippen LogP contribution in [0, 0.1) is 6.92 Å². The van der Waals surface area contributed by atoms with Gasteiger partial charge in [0.2, 0.25) is 5.91 Å². The van der Waals surface area contributed by atoms with E-state index >= 15 is 0 Å². The van der Waals surface area contributed by atoms with Crippen molar-refractivity contribution in [1.82, 2.24) is 10.3 Å². The van der Waals surface area contributed by atoms with E-state index in [1.165, 1.54) is 16.9 Å². The minimum absolute atomic E-state index is 0.185. The summed E-state index contributed by atoms with van der Waals surface area (Å²) in [7, 11) is -1.30. The van der Waals surface area contributed by atoms with Crippen molar-refractivity contribution in [1.29, 1.82) is 0 Å². The second-order valence-electron chi connectivity index (χ2n) is 6.92. The summed E-state index contributed by atoms with van der Waals surface area (Å²) >= 11 is 1.53. The Labute approximate surface area is 150 Å². The summed E-state index contributed by atoms with van der Waals surface area (Å²) in [6.45, 7) is 9.48. The third-order valence-electron chi connectivity index (χ3n) is 3.40. The lowest BCUT2D eigenvalue weighted by Gasteiger charge is -2.22. The third kappa shape index (κ3) is 5.24. The zero-order valence-electron chi connectivity index (χ0n) is 14.8. The lowest BCUT2D eigenvalue weighted by Crippen LogP contribution is -2.46. The van der Waals surface area contributed by atoms with Crippen LogP contribution in [0.1, 0.15) is 39.0 Å². The predicted octanol–water partition coefficient (Wildman–Crippen LogP) is 3.67. The zero-order valence-corrected chi connectivity index (χ0v) is 16.4. The van der Waals surface area contributed by atoms with Crippen molar-refractivity contribution in [2.45, 2.75) is 51.2 Å². The summed E-state index contributed by atoms with van der Waals surface area (Å²) in [6.07, 6.45) is 0. The van der Waals surface area contributed by atoms with Crippen molar-refractivity contribution in [3.63, 3.8) is 0 Å². The van der Waals surface area contributed by atoms with Gasteiger partial charge in [0, 0.05) is 27.3 Å². The molecule has 0 unspecified atom stereocenters. The fourth-order valence-electron chi connectivity index (χ4n) is 2.06. The highest BCUT2D eigenvalue weighted by Crippen LogP contribution is 2.24. The normalized spacial score (nSPS) is 14.2. The summed E-state index contributed by atoms with van der Waals surface area (Å²) in [5.74, 6) is 0.107. The molecule has 130 valence electrons. The smallest absolute Gasteiger partial charge is 0.235 e. The van der Waals surface area contributed by atoms with E-state index in [9.17, 15) is 9.00 Å². The number of aromatic nitrogens is 1. The van der Waals surface area contributed by atoms with E-state index in [0.717, 1.165) is 16.3 Å². The minimum Gasteiger partial charge on any atom is -0.350 e. The Morgan fingerprint density at radius 3 is 2.50 bits per heavy atom. The van der Waals surface area contributed by atoms with Crippen LogP contribution in [0.15, 0.2) is 29.6 Å². The highest BCUT2D eigenvalue weighted by Gasteiger charge is 2.24. The second kappa shape index (κ2) is 7.57. The molecule has 1 N–H and O–H groups in total. The number of rotatable bonds is 5. The van der Waals surface area contributed by atoms with E-state index in [1.807, 2.05) is 57.3 Å². The number of carbonyl (C=O) groups excluding carboxylic acids is 1. The van der Waals surface area contributed by atoms with Crippen LogP contribution in [0.3, 0.4) is 0 Å². The van der Waals surface area contributed by atoms with Crippen molar-refractivity contribution in [3.8, 4) is 10.6 Å². The largest absolute Gasteiger partial charge is 0.350 e. The molecule has 0 saturated carbocycles. The topological polar surface area (TPSA) is 59.1 Å². The lowest BCUT2D eigenvalue weighted by molar-refractivity contribution is -0.121. The number of benzene rings is 1. The first-order valence-electron chi connectivity index (χ1n) is 7.86. The molecule has 6 heteroatoms. The predicted molar refractivity (Wildman–Crippen MR) is 101 cm³/mol. The monoisotopic (exact) mass is 364 g/mol. The van der Waals surface area contributed by atoms with E-state index < -0.39 is 16.0 Å². The van der Waals surface area contributed by atoms with Crippen LogP contribution >= 0.6 is 11.3 Å². The number of hydrogen-bond donors (Lipinski definition) is 1. The van der Waals surface area contributed by atoms with Crippen molar-refractivity contribution in [2.75, 3.05) is 0 Å². The molecular formula is C18H24N2O2S2. The molecule has 2 atom stereocenters. The van der Waals surface area contributed by atoms with E-state index in [1.54, 1.807) is 6.92 Å². The molecule has 4 nitrogen and oxygen atoms in total. The fraction of sp³-hybridized carbons (Fsp3) is 0.444. The van der Waals surface area contributed by atoms with Gasteiger partial charge >= 0.3 is 0 Å². The Hall–Kier alpha value is -1.53. The highest BCUT2D eigenvalue weighted by atomic mass is 32.2. The lowest BCUT2D eigenvalue weighted by atomic mass is 10.1. The van der Waals surface area contributed by atoms with Gasteiger partial charge in [-0.3, -0.25) is 9.00 Å². The molecule has 24 heavy (non-hydrogen) atoms. The molecule has 0 aliphatic carbocycles. The van der Waals surface area contributed by atoms with E-state index in [2.05, 4.69) is 10.3 Å². The number of hydrogen-bond acceptors (Lipinski definition) is 4. The van der Waals surface area contributed by atoms with Crippen molar-refractivity contribution in [2.24, 2.45) is 0 Å². The maximum Gasteiger partial charge on any atom is 0.235 e. The molecule has 0 radical (unpaired) electrons. The van der Waals surface area contributed by atoms with Crippen LogP contribution < -0.4 is 5.32 Å². The summed E-state index contributed by atoms with van der Waals surface area (Å²) in [5, 5.41) is 5.14. The minimum atomic E-state index is -1.30. The SMILES string of the molecule is Cc1ccc(-c2nc(C[S@](=O)[C@H](C)C(=O)NC(C)(C)C)cs2)cc1. The molecule has 0 saturated heterocycles. The molecule has 1 aromatic heterocycles. The van der Waals surface area contributed by atoms with Crippen LogP contribution in [-0.2, 0) is 21.3 Å². The third-order valence-corrected chi connectivity index (χ3v) is 5.93. The van der Waals surface area contributed by atoms with Crippen LogP contribution in [0.5, 0.6) is 0 Å². The number of nitrogens with one attached hydrogen (secondary N) is 1. The van der Waals surface area contributed by atoms with Gasteiger partial charge in [0.05, 0.1) is 11.4 Å². The molecule has 0 aliphatic rings. The molecule has 1 aromatic carbocycles. The van der Waals surface area contributed by atoms with E-state index in [4.69, 9.17) is 0 Å². The Morgan fingerprint density at radius 1 is 1.29 bits per heavy atom. The van der Waals surface area contributed by atoms with Gasteiger partial charge in [0.15, 0.2) is 0 Å². The molecular weight excluding hydrogens is 340 g/mol. The average molecular weight is 365 g/mol. The van der Waals surface area contributed by atoms with Crippen LogP contribution in [0.2, 0.25) is 0 Å². The first-order chi connectivity index (χ1) is 11.2. The number of aryl methyl sites for hydroxylation is 1. The number of carbonyl (C=O) groups is 1. The highest BCUT2D eigenvalue weighted by molar-refractivity contribution is 7.85. The van der Waals surface area contributed by atoms with Crippen LogP contribution in [0.25, 0.3) is 10.6 Å².